The van der Waals surface area contributed by atoms with Crippen molar-refractivity contribution >= 4 is 12.1 Å². The highest BCUT2D eigenvalue weighted by Crippen LogP contribution is 2.35. The minimum Gasteiger partial charge on any atom is -0.480 e. The van der Waals surface area contributed by atoms with Crippen molar-refractivity contribution in [3.63, 3.8) is 0 Å². The van der Waals surface area contributed by atoms with Crippen molar-refractivity contribution in [3.05, 3.63) is 0 Å². The maximum absolute atomic E-state index is 12.6. The topological polar surface area (TPSA) is 78.9 Å². The molecule has 2 fully saturated rings. The predicted octanol–water partition coefficient (Wildman–Crippen LogP) is 2.37. The lowest BCUT2D eigenvalue weighted by molar-refractivity contribution is -0.136. The zero-order valence-electron chi connectivity index (χ0n) is 13.8. The van der Waals surface area contributed by atoms with Crippen LogP contribution in [0.4, 0.5) is 4.79 Å². The summed E-state index contributed by atoms with van der Waals surface area (Å²) < 4.78 is 5.57. The van der Waals surface area contributed by atoms with Gasteiger partial charge in [0.05, 0.1) is 12.6 Å². The molecule has 126 valence electrons. The summed E-state index contributed by atoms with van der Waals surface area (Å²) in [5.41, 5.74) is -0.511. The number of nitrogens with zero attached hydrogens (tertiary/aromatic N) is 1. The van der Waals surface area contributed by atoms with E-state index in [-0.39, 0.29) is 30.8 Å². The first-order valence-corrected chi connectivity index (χ1v) is 8.24. The molecule has 2 rings (SSSR count). The van der Waals surface area contributed by atoms with Gasteiger partial charge in [0, 0.05) is 12.1 Å². The number of carbonyl (C=O) groups is 2. The van der Waals surface area contributed by atoms with Crippen molar-refractivity contribution in [1.82, 2.24) is 10.2 Å². The van der Waals surface area contributed by atoms with E-state index in [0.29, 0.717) is 0 Å². The van der Waals surface area contributed by atoms with E-state index < -0.39 is 11.6 Å². The summed E-state index contributed by atoms with van der Waals surface area (Å²) in [7, 11) is 0. The minimum atomic E-state index is -0.862. The molecule has 0 radical (unpaired) electrons. The molecule has 22 heavy (non-hydrogen) atoms. The first kappa shape index (κ1) is 17.1. The Kier molecular flexibility index (Phi) is 5.32. The van der Waals surface area contributed by atoms with E-state index in [1.165, 1.54) is 0 Å². The molecule has 6 nitrogen and oxygen atoms in total. The Balaban J connectivity index is 2.07. The summed E-state index contributed by atoms with van der Waals surface area (Å²) in [6, 6.07) is 0.334. The second kappa shape index (κ2) is 6.86. The average Bonchev–Trinajstić information content (AvgIpc) is 3.20. The third-order valence-corrected chi connectivity index (χ3v) is 4.15. The van der Waals surface area contributed by atoms with Crippen LogP contribution in [0.5, 0.6) is 0 Å². The van der Waals surface area contributed by atoms with E-state index in [4.69, 9.17) is 9.84 Å². The summed E-state index contributed by atoms with van der Waals surface area (Å²) in [5.74, 6) is -0.862. The summed E-state index contributed by atoms with van der Waals surface area (Å²) in [5, 5.41) is 12.0. The van der Waals surface area contributed by atoms with Crippen molar-refractivity contribution in [2.24, 2.45) is 0 Å². The number of carboxylic acid groups (broad SMARTS) is 1. The molecule has 0 saturated heterocycles. The van der Waals surface area contributed by atoms with Crippen LogP contribution in [0.25, 0.3) is 0 Å². The monoisotopic (exact) mass is 312 g/mol. The highest BCUT2D eigenvalue weighted by Gasteiger charge is 2.43. The minimum absolute atomic E-state index is 0.0375. The Bertz CT molecular complexity index is 415. The number of ether oxygens (including phenoxy) is 1. The van der Waals surface area contributed by atoms with Crippen molar-refractivity contribution in [3.8, 4) is 0 Å². The maximum atomic E-state index is 12.6. The number of carbonyl (C=O) groups excluding carboxylic acids is 1. The molecule has 2 aliphatic rings. The molecule has 0 spiro atoms. The van der Waals surface area contributed by atoms with Gasteiger partial charge >= 0.3 is 12.1 Å². The quantitative estimate of drug-likeness (QED) is 0.815. The number of aliphatic carboxylic acids is 1. The lowest BCUT2D eigenvalue weighted by Gasteiger charge is -2.41. The second-order valence-corrected chi connectivity index (χ2v) is 7.35. The summed E-state index contributed by atoms with van der Waals surface area (Å²) in [6.45, 7) is 5.55. The van der Waals surface area contributed by atoms with Crippen LogP contribution in [-0.4, -0.2) is 52.3 Å². The van der Waals surface area contributed by atoms with Gasteiger partial charge in [-0.15, -0.1) is 0 Å². The van der Waals surface area contributed by atoms with Crippen LogP contribution in [0, 0.1) is 0 Å². The fourth-order valence-corrected chi connectivity index (χ4v) is 3.12. The third-order valence-electron chi connectivity index (χ3n) is 4.15. The Morgan fingerprint density at radius 2 is 1.82 bits per heavy atom. The summed E-state index contributed by atoms with van der Waals surface area (Å²) in [6.07, 6.45) is 5.73. The van der Waals surface area contributed by atoms with E-state index in [9.17, 15) is 9.59 Å². The van der Waals surface area contributed by atoms with Crippen LogP contribution in [0.3, 0.4) is 0 Å². The largest absolute Gasteiger partial charge is 0.480 e. The van der Waals surface area contributed by atoms with E-state index in [0.717, 1.165) is 38.5 Å². The van der Waals surface area contributed by atoms with Gasteiger partial charge in [0.2, 0.25) is 0 Å². The van der Waals surface area contributed by atoms with Crippen molar-refractivity contribution < 1.29 is 19.4 Å². The third kappa shape index (κ3) is 4.87. The van der Waals surface area contributed by atoms with Gasteiger partial charge in [0.15, 0.2) is 0 Å². The molecule has 0 bridgehead atoms. The summed E-state index contributed by atoms with van der Waals surface area (Å²) in [4.78, 5) is 25.3. The SMILES string of the molecule is CC(C)(C)OC(=O)N(C1CC1)[C@H]1CCCC[C@H]1NCC(=O)O. The predicted molar refractivity (Wildman–Crippen MR) is 82.8 cm³/mol. The molecule has 0 aromatic carbocycles. The van der Waals surface area contributed by atoms with Gasteiger partial charge in [-0.25, -0.2) is 4.79 Å². The first-order chi connectivity index (χ1) is 10.3. The average molecular weight is 312 g/mol. The fourth-order valence-electron chi connectivity index (χ4n) is 3.12. The maximum Gasteiger partial charge on any atom is 0.410 e. The van der Waals surface area contributed by atoms with E-state index in [1.54, 1.807) is 0 Å². The molecular formula is C16H28N2O4. The van der Waals surface area contributed by atoms with E-state index in [1.807, 2.05) is 25.7 Å². The number of rotatable bonds is 5. The molecular weight excluding hydrogens is 284 g/mol. The van der Waals surface area contributed by atoms with Crippen LogP contribution in [0.15, 0.2) is 0 Å². The van der Waals surface area contributed by atoms with Gasteiger partial charge in [-0.2, -0.15) is 0 Å². The molecule has 1 amide bonds. The van der Waals surface area contributed by atoms with Gasteiger partial charge in [-0.05, 0) is 46.5 Å². The van der Waals surface area contributed by atoms with Crippen LogP contribution >= 0.6 is 0 Å². The number of hydrogen-bond donors (Lipinski definition) is 2. The summed E-state index contributed by atoms with van der Waals surface area (Å²) >= 11 is 0. The van der Waals surface area contributed by atoms with Gasteiger partial charge in [0.25, 0.3) is 0 Å². The Morgan fingerprint density at radius 3 is 2.36 bits per heavy atom. The highest BCUT2D eigenvalue weighted by atomic mass is 16.6. The van der Waals surface area contributed by atoms with E-state index >= 15 is 0 Å². The zero-order chi connectivity index (χ0) is 16.3. The molecule has 0 aromatic rings. The van der Waals surface area contributed by atoms with Crippen LogP contribution in [0.2, 0.25) is 0 Å². The highest BCUT2D eigenvalue weighted by molar-refractivity contribution is 5.70. The van der Waals surface area contributed by atoms with Crippen LogP contribution < -0.4 is 5.32 Å². The van der Waals surface area contributed by atoms with Crippen molar-refractivity contribution in [2.45, 2.75) is 83.0 Å². The number of hydrogen-bond acceptors (Lipinski definition) is 4. The van der Waals surface area contributed by atoms with Gasteiger partial charge in [-0.3, -0.25) is 4.79 Å². The first-order valence-electron chi connectivity index (χ1n) is 8.24. The van der Waals surface area contributed by atoms with Gasteiger partial charge < -0.3 is 20.1 Å². The molecule has 2 aliphatic carbocycles. The molecule has 0 aliphatic heterocycles. The molecule has 0 aromatic heterocycles. The number of amides is 1. The molecule has 2 atom stereocenters. The fraction of sp³-hybridized carbons (Fsp3) is 0.875. The molecule has 2 N–H and O–H groups in total. The van der Waals surface area contributed by atoms with Crippen LogP contribution in [0.1, 0.15) is 59.3 Å². The molecule has 2 saturated carbocycles. The standard InChI is InChI=1S/C16H28N2O4/c1-16(2,3)22-15(21)18(11-8-9-11)13-7-5-4-6-12(13)17-10-14(19)20/h11-13,17H,4-10H2,1-3H3,(H,19,20)/t12-,13+/m1/s1. The lowest BCUT2D eigenvalue weighted by atomic mass is 9.89. The Morgan fingerprint density at radius 1 is 1.18 bits per heavy atom. The molecule has 0 heterocycles. The van der Waals surface area contributed by atoms with Gasteiger partial charge in [0.1, 0.15) is 5.60 Å². The Labute approximate surface area is 132 Å². The van der Waals surface area contributed by atoms with Gasteiger partial charge in [-0.1, -0.05) is 12.8 Å². The van der Waals surface area contributed by atoms with Crippen molar-refractivity contribution in [1.29, 1.82) is 0 Å². The van der Waals surface area contributed by atoms with Crippen molar-refractivity contribution in [2.75, 3.05) is 6.54 Å². The number of carboxylic acids is 1. The molecule has 6 heteroatoms. The molecule has 0 unspecified atom stereocenters. The van der Waals surface area contributed by atoms with Crippen LogP contribution in [-0.2, 0) is 9.53 Å². The number of nitrogens with one attached hydrogen (secondary N) is 1. The second-order valence-electron chi connectivity index (χ2n) is 7.35. The zero-order valence-corrected chi connectivity index (χ0v) is 13.8. The normalized spacial score (nSPS) is 25.6. The lowest BCUT2D eigenvalue weighted by Crippen LogP contribution is -2.56. The Hall–Kier alpha value is -1.30. The smallest absolute Gasteiger partial charge is 0.410 e. The van der Waals surface area contributed by atoms with E-state index in [2.05, 4.69) is 5.32 Å².